The first-order chi connectivity index (χ1) is 9.53. The van der Waals surface area contributed by atoms with E-state index in [1.54, 1.807) is 14.2 Å². The fraction of sp³-hybridized carbons (Fsp3) is 0.600. The predicted octanol–water partition coefficient (Wildman–Crippen LogP) is 2.73. The summed E-state index contributed by atoms with van der Waals surface area (Å²) in [7, 11) is 5.55. The van der Waals surface area contributed by atoms with Gasteiger partial charge < -0.3 is 15.2 Å². The fourth-order valence-corrected chi connectivity index (χ4v) is 3.61. The summed E-state index contributed by atoms with van der Waals surface area (Å²) in [6.07, 6.45) is 1.06. The second kappa shape index (κ2) is 6.33. The normalized spacial score (nSPS) is 23.1. The number of benzene rings is 1. The highest BCUT2D eigenvalue weighted by molar-refractivity contribution is 9.10. The maximum atomic E-state index is 5.83. The average Bonchev–Trinajstić information content (AvgIpc) is 2.82. The second-order valence-electron chi connectivity index (χ2n) is 5.43. The first-order valence-corrected chi connectivity index (χ1v) is 7.64. The van der Waals surface area contributed by atoms with Crippen molar-refractivity contribution in [2.75, 3.05) is 34.4 Å². The van der Waals surface area contributed by atoms with Gasteiger partial charge in [0.25, 0.3) is 0 Å². The van der Waals surface area contributed by atoms with Gasteiger partial charge in [-0.25, -0.2) is 0 Å². The SMILES string of the molecule is COc1cc(C2CC(CN)CN2C)c(OC)c(Br)c1C. The molecule has 0 amide bonds. The van der Waals surface area contributed by atoms with E-state index in [1.807, 2.05) is 6.92 Å². The maximum absolute atomic E-state index is 5.83. The number of hydrogen-bond acceptors (Lipinski definition) is 4. The van der Waals surface area contributed by atoms with Crippen molar-refractivity contribution in [3.8, 4) is 11.5 Å². The highest BCUT2D eigenvalue weighted by Gasteiger charge is 2.33. The summed E-state index contributed by atoms with van der Waals surface area (Å²) in [6, 6.07) is 2.42. The third kappa shape index (κ3) is 2.67. The quantitative estimate of drug-likeness (QED) is 0.913. The van der Waals surface area contributed by atoms with E-state index in [0.29, 0.717) is 12.0 Å². The number of nitrogens with two attached hydrogens (primary N) is 1. The van der Waals surface area contributed by atoms with Crippen LogP contribution in [0.4, 0.5) is 0 Å². The van der Waals surface area contributed by atoms with Crippen LogP contribution in [0.5, 0.6) is 11.5 Å². The Hall–Kier alpha value is -0.780. The van der Waals surface area contributed by atoms with Crippen molar-refractivity contribution in [1.82, 2.24) is 4.90 Å². The molecule has 0 spiro atoms. The summed E-state index contributed by atoms with van der Waals surface area (Å²) >= 11 is 3.63. The Balaban J connectivity index is 2.47. The summed E-state index contributed by atoms with van der Waals surface area (Å²) in [5.41, 5.74) is 8.05. The molecule has 1 aliphatic heterocycles. The van der Waals surface area contributed by atoms with E-state index in [1.165, 1.54) is 5.56 Å². The number of rotatable bonds is 4. The Kier molecular flexibility index (Phi) is 4.94. The predicted molar refractivity (Wildman–Crippen MR) is 84.5 cm³/mol. The zero-order valence-electron chi connectivity index (χ0n) is 12.6. The minimum atomic E-state index is 0.323. The van der Waals surface area contributed by atoms with Gasteiger partial charge in [-0.2, -0.15) is 0 Å². The van der Waals surface area contributed by atoms with Crippen LogP contribution in [0.25, 0.3) is 0 Å². The summed E-state index contributed by atoms with van der Waals surface area (Å²) in [5, 5.41) is 0. The molecule has 2 atom stereocenters. The summed E-state index contributed by atoms with van der Waals surface area (Å²) in [6.45, 7) is 3.78. The molecular weight excluding hydrogens is 320 g/mol. The minimum Gasteiger partial charge on any atom is -0.496 e. The molecule has 0 saturated carbocycles. The molecule has 1 heterocycles. The minimum absolute atomic E-state index is 0.323. The molecule has 2 unspecified atom stereocenters. The Bertz CT molecular complexity index is 493. The van der Waals surface area contributed by atoms with Gasteiger partial charge >= 0.3 is 0 Å². The van der Waals surface area contributed by atoms with E-state index in [4.69, 9.17) is 15.2 Å². The Morgan fingerprint density at radius 3 is 2.60 bits per heavy atom. The molecule has 0 aromatic heterocycles. The second-order valence-corrected chi connectivity index (χ2v) is 6.23. The number of likely N-dealkylation sites (tertiary alicyclic amines) is 1. The first-order valence-electron chi connectivity index (χ1n) is 6.84. The number of halogens is 1. The third-order valence-electron chi connectivity index (χ3n) is 4.20. The molecule has 1 aromatic carbocycles. The highest BCUT2D eigenvalue weighted by atomic mass is 79.9. The van der Waals surface area contributed by atoms with Gasteiger partial charge in [0.05, 0.1) is 18.7 Å². The van der Waals surface area contributed by atoms with Gasteiger partial charge in [0, 0.05) is 23.7 Å². The lowest BCUT2D eigenvalue weighted by Gasteiger charge is -2.24. The summed E-state index contributed by atoms with van der Waals surface area (Å²) in [4.78, 5) is 2.34. The van der Waals surface area contributed by atoms with Crippen LogP contribution in [0, 0.1) is 12.8 Å². The molecule has 0 radical (unpaired) electrons. The van der Waals surface area contributed by atoms with Crippen molar-refractivity contribution in [2.24, 2.45) is 11.7 Å². The number of hydrogen-bond donors (Lipinski definition) is 1. The molecule has 2 rings (SSSR count). The molecule has 0 aliphatic carbocycles. The van der Waals surface area contributed by atoms with Crippen LogP contribution in [0.1, 0.15) is 23.6 Å². The van der Waals surface area contributed by atoms with Gasteiger partial charge in [-0.3, -0.25) is 4.90 Å². The Morgan fingerprint density at radius 2 is 2.10 bits per heavy atom. The average molecular weight is 343 g/mol. The van der Waals surface area contributed by atoms with Crippen molar-refractivity contribution < 1.29 is 9.47 Å². The Morgan fingerprint density at radius 1 is 1.40 bits per heavy atom. The fourth-order valence-electron chi connectivity index (χ4n) is 3.03. The van der Waals surface area contributed by atoms with E-state index < -0.39 is 0 Å². The monoisotopic (exact) mass is 342 g/mol. The van der Waals surface area contributed by atoms with Crippen molar-refractivity contribution in [1.29, 1.82) is 0 Å². The topological polar surface area (TPSA) is 47.7 Å². The van der Waals surface area contributed by atoms with E-state index in [9.17, 15) is 0 Å². The van der Waals surface area contributed by atoms with Crippen LogP contribution in [0.2, 0.25) is 0 Å². The lowest BCUT2D eigenvalue weighted by Crippen LogP contribution is -2.21. The lowest BCUT2D eigenvalue weighted by atomic mass is 9.97. The van der Waals surface area contributed by atoms with Gasteiger partial charge in [0.15, 0.2) is 0 Å². The Labute approximate surface area is 129 Å². The molecule has 1 aliphatic rings. The highest BCUT2D eigenvalue weighted by Crippen LogP contribution is 2.45. The van der Waals surface area contributed by atoms with Gasteiger partial charge in [0.1, 0.15) is 11.5 Å². The smallest absolute Gasteiger partial charge is 0.138 e. The van der Waals surface area contributed by atoms with Crippen molar-refractivity contribution in [3.05, 3.63) is 21.7 Å². The standard InChI is InChI=1S/C15H23BrN2O2/c1-9-13(19-3)6-11(15(20-4)14(9)16)12-5-10(7-17)8-18(12)2/h6,10,12H,5,7-8,17H2,1-4H3. The van der Waals surface area contributed by atoms with Crippen LogP contribution in [-0.2, 0) is 0 Å². The van der Waals surface area contributed by atoms with Crippen LogP contribution in [0.3, 0.4) is 0 Å². The van der Waals surface area contributed by atoms with Crippen LogP contribution >= 0.6 is 15.9 Å². The van der Waals surface area contributed by atoms with E-state index in [0.717, 1.165) is 41.0 Å². The van der Waals surface area contributed by atoms with Gasteiger partial charge in [0.2, 0.25) is 0 Å². The molecule has 2 N–H and O–H groups in total. The van der Waals surface area contributed by atoms with E-state index >= 15 is 0 Å². The third-order valence-corrected chi connectivity index (χ3v) is 5.15. The lowest BCUT2D eigenvalue weighted by molar-refractivity contribution is 0.300. The van der Waals surface area contributed by atoms with Crippen LogP contribution in [0.15, 0.2) is 10.5 Å². The van der Waals surface area contributed by atoms with E-state index in [2.05, 4.69) is 33.9 Å². The van der Waals surface area contributed by atoms with Crippen molar-refractivity contribution in [3.63, 3.8) is 0 Å². The first kappa shape index (κ1) is 15.6. The summed E-state index contributed by atoms with van der Waals surface area (Å²) < 4.78 is 12.1. The van der Waals surface area contributed by atoms with Crippen molar-refractivity contribution in [2.45, 2.75) is 19.4 Å². The molecular formula is C15H23BrN2O2. The van der Waals surface area contributed by atoms with E-state index in [-0.39, 0.29) is 0 Å². The molecule has 1 saturated heterocycles. The van der Waals surface area contributed by atoms with Gasteiger partial charge in [-0.15, -0.1) is 0 Å². The zero-order chi connectivity index (χ0) is 14.9. The maximum Gasteiger partial charge on any atom is 0.138 e. The van der Waals surface area contributed by atoms with Crippen molar-refractivity contribution >= 4 is 15.9 Å². The molecule has 4 nitrogen and oxygen atoms in total. The molecule has 112 valence electrons. The van der Waals surface area contributed by atoms with Gasteiger partial charge in [-0.05, 0) is 54.9 Å². The number of nitrogens with zero attached hydrogens (tertiary/aromatic N) is 1. The molecule has 0 bridgehead atoms. The molecule has 5 heteroatoms. The molecule has 1 fully saturated rings. The van der Waals surface area contributed by atoms with Crippen LogP contribution < -0.4 is 15.2 Å². The largest absolute Gasteiger partial charge is 0.496 e. The molecule has 20 heavy (non-hydrogen) atoms. The number of methoxy groups -OCH3 is 2. The van der Waals surface area contributed by atoms with Crippen LogP contribution in [-0.4, -0.2) is 39.3 Å². The molecule has 1 aromatic rings. The summed E-state index contributed by atoms with van der Waals surface area (Å²) in [5.74, 6) is 2.33. The van der Waals surface area contributed by atoms with Gasteiger partial charge in [-0.1, -0.05) is 0 Å². The zero-order valence-corrected chi connectivity index (χ0v) is 14.2. The number of ether oxygens (including phenoxy) is 2.